The Morgan fingerprint density at radius 1 is 1.37 bits per heavy atom. The Balaban J connectivity index is 1.76. The van der Waals surface area contributed by atoms with E-state index >= 15 is 0 Å². The highest BCUT2D eigenvalue weighted by Crippen LogP contribution is 2.26. The van der Waals surface area contributed by atoms with E-state index in [4.69, 9.17) is 0 Å². The van der Waals surface area contributed by atoms with E-state index in [0.29, 0.717) is 12.1 Å². The van der Waals surface area contributed by atoms with Crippen LogP contribution in [-0.2, 0) is 0 Å². The van der Waals surface area contributed by atoms with Crippen LogP contribution in [0.15, 0.2) is 18.3 Å². The Morgan fingerprint density at radius 3 is 2.95 bits per heavy atom. The van der Waals surface area contributed by atoms with Crippen LogP contribution in [0.4, 0.5) is 0 Å². The summed E-state index contributed by atoms with van der Waals surface area (Å²) in [7, 11) is 0. The van der Waals surface area contributed by atoms with Crippen LogP contribution in [0.5, 0.6) is 0 Å². The summed E-state index contributed by atoms with van der Waals surface area (Å²) in [5.41, 5.74) is 1.67. The minimum atomic E-state index is 0.142. The number of aromatic nitrogens is 1. The van der Waals surface area contributed by atoms with Gasteiger partial charge in [0.2, 0.25) is 0 Å². The Hall–Kier alpha value is -1.42. The van der Waals surface area contributed by atoms with E-state index in [2.05, 4.69) is 15.2 Å². The molecule has 2 unspecified atom stereocenters. The van der Waals surface area contributed by atoms with Crippen molar-refractivity contribution in [2.75, 3.05) is 13.1 Å². The first-order chi connectivity index (χ1) is 9.25. The Morgan fingerprint density at radius 2 is 2.26 bits per heavy atom. The molecule has 2 aliphatic heterocycles. The van der Waals surface area contributed by atoms with Gasteiger partial charge in [-0.1, -0.05) is 0 Å². The third-order valence-corrected chi connectivity index (χ3v) is 4.28. The van der Waals surface area contributed by atoms with Gasteiger partial charge in [0.25, 0.3) is 5.91 Å². The molecule has 1 aromatic heterocycles. The molecule has 1 N–H and O–H groups in total. The number of nitrogens with zero attached hydrogens (tertiary/aromatic N) is 2. The number of nitrogens with one attached hydrogen (secondary N) is 1. The van der Waals surface area contributed by atoms with E-state index in [0.717, 1.165) is 37.2 Å². The van der Waals surface area contributed by atoms with E-state index < -0.39 is 0 Å². The molecule has 3 rings (SSSR count). The summed E-state index contributed by atoms with van der Waals surface area (Å²) >= 11 is 0. The maximum atomic E-state index is 12.6. The molecule has 0 bridgehead atoms. The standard InChI is InChI=1S/C15H21N3O/c1-11-6-7-12(10-17-11)15(19)18-9-3-5-14(18)13-4-2-8-16-13/h6-7,10,13-14,16H,2-5,8-9H2,1H3. The molecule has 3 heterocycles. The number of amides is 1. The summed E-state index contributed by atoms with van der Waals surface area (Å²) in [6.45, 7) is 3.92. The van der Waals surface area contributed by atoms with Gasteiger partial charge in [0.05, 0.1) is 5.56 Å². The topological polar surface area (TPSA) is 45.2 Å². The molecule has 0 aliphatic carbocycles. The number of hydrogen-bond donors (Lipinski definition) is 1. The summed E-state index contributed by atoms with van der Waals surface area (Å²) in [4.78, 5) is 18.9. The van der Waals surface area contributed by atoms with E-state index in [1.807, 2.05) is 19.1 Å². The van der Waals surface area contributed by atoms with Gasteiger partial charge in [-0.2, -0.15) is 0 Å². The third kappa shape index (κ3) is 2.50. The van der Waals surface area contributed by atoms with Crippen molar-refractivity contribution in [3.8, 4) is 0 Å². The number of carbonyl (C=O) groups is 1. The van der Waals surface area contributed by atoms with Crippen molar-refractivity contribution in [3.05, 3.63) is 29.6 Å². The molecule has 2 saturated heterocycles. The first kappa shape index (κ1) is 12.6. The van der Waals surface area contributed by atoms with Crippen LogP contribution in [0.25, 0.3) is 0 Å². The van der Waals surface area contributed by atoms with E-state index in [9.17, 15) is 4.79 Å². The molecule has 4 nitrogen and oxygen atoms in total. The zero-order valence-corrected chi connectivity index (χ0v) is 11.4. The number of likely N-dealkylation sites (tertiary alicyclic amines) is 1. The molecule has 1 amide bonds. The molecule has 0 spiro atoms. The molecule has 1 aromatic rings. The number of rotatable bonds is 2. The van der Waals surface area contributed by atoms with Gasteiger partial charge in [0.1, 0.15) is 0 Å². The lowest BCUT2D eigenvalue weighted by atomic mass is 10.0. The Bertz CT molecular complexity index is 451. The predicted octanol–water partition coefficient (Wildman–Crippen LogP) is 1.75. The maximum Gasteiger partial charge on any atom is 0.255 e. The fraction of sp³-hybridized carbons (Fsp3) is 0.600. The average molecular weight is 259 g/mol. The van der Waals surface area contributed by atoms with Crippen LogP contribution in [-0.4, -0.2) is 41.0 Å². The fourth-order valence-electron chi connectivity index (χ4n) is 3.26. The molecule has 2 aliphatic rings. The minimum Gasteiger partial charge on any atom is -0.334 e. The first-order valence-corrected chi connectivity index (χ1v) is 7.23. The summed E-state index contributed by atoms with van der Waals surface area (Å²) in [5.74, 6) is 0.142. The molecule has 102 valence electrons. The van der Waals surface area contributed by atoms with Crippen LogP contribution in [0.2, 0.25) is 0 Å². The molecule has 0 radical (unpaired) electrons. The van der Waals surface area contributed by atoms with Gasteiger partial charge < -0.3 is 10.2 Å². The lowest BCUT2D eigenvalue weighted by Gasteiger charge is -2.29. The van der Waals surface area contributed by atoms with Gasteiger partial charge >= 0.3 is 0 Å². The summed E-state index contributed by atoms with van der Waals surface area (Å²) in [6.07, 6.45) is 6.38. The molecular formula is C15H21N3O. The summed E-state index contributed by atoms with van der Waals surface area (Å²) < 4.78 is 0. The molecule has 2 atom stereocenters. The SMILES string of the molecule is Cc1ccc(C(=O)N2CCCC2C2CCCN2)cn1. The highest BCUT2D eigenvalue weighted by molar-refractivity contribution is 5.94. The van der Waals surface area contributed by atoms with Crippen LogP contribution < -0.4 is 5.32 Å². The second kappa shape index (κ2) is 5.29. The third-order valence-electron chi connectivity index (χ3n) is 4.28. The maximum absolute atomic E-state index is 12.6. The van der Waals surface area contributed by atoms with Crippen LogP contribution in [0.3, 0.4) is 0 Å². The molecular weight excluding hydrogens is 238 g/mol. The number of hydrogen-bond acceptors (Lipinski definition) is 3. The second-order valence-corrected chi connectivity index (χ2v) is 5.60. The Labute approximate surface area is 114 Å². The van der Waals surface area contributed by atoms with Gasteiger partial charge in [-0.05, 0) is 51.3 Å². The van der Waals surface area contributed by atoms with Crippen molar-refractivity contribution in [1.29, 1.82) is 0 Å². The molecule has 19 heavy (non-hydrogen) atoms. The number of aryl methyl sites for hydroxylation is 1. The van der Waals surface area contributed by atoms with Crippen molar-refractivity contribution in [2.45, 2.75) is 44.7 Å². The highest BCUT2D eigenvalue weighted by atomic mass is 16.2. The second-order valence-electron chi connectivity index (χ2n) is 5.60. The van der Waals surface area contributed by atoms with Gasteiger partial charge in [0, 0.05) is 30.5 Å². The molecule has 0 aromatic carbocycles. The normalized spacial score (nSPS) is 26.9. The first-order valence-electron chi connectivity index (χ1n) is 7.23. The highest BCUT2D eigenvalue weighted by Gasteiger charge is 2.36. The van der Waals surface area contributed by atoms with Crippen molar-refractivity contribution in [2.24, 2.45) is 0 Å². The average Bonchev–Trinajstić information content (AvgIpc) is 3.09. The zero-order chi connectivity index (χ0) is 13.2. The zero-order valence-electron chi connectivity index (χ0n) is 11.4. The van der Waals surface area contributed by atoms with Crippen molar-refractivity contribution < 1.29 is 4.79 Å². The Kier molecular flexibility index (Phi) is 3.51. The van der Waals surface area contributed by atoms with Crippen molar-refractivity contribution >= 4 is 5.91 Å². The number of carbonyl (C=O) groups excluding carboxylic acids is 1. The smallest absolute Gasteiger partial charge is 0.255 e. The number of pyridine rings is 1. The molecule has 4 heteroatoms. The van der Waals surface area contributed by atoms with Crippen LogP contribution in [0.1, 0.15) is 41.7 Å². The summed E-state index contributed by atoms with van der Waals surface area (Å²) in [5, 5.41) is 3.53. The predicted molar refractivity (Wildman–Crippen MR) is 74.1 cm³/mol. The van der Waals surface area contributed by atoms with Crippen molar-refractivity contribution in [1.82, 2.24) is 15.2 Å². The largest absolute Gasteiger partial charge is 0.334 e. The van der Waals surface area contributed by atoms with Gasteiger partial charge in [-0.15, -0.1) is 0 Å². The lowest BCUT2D eigenvalue weighted by Crippen LogP contribution is -2.46. The van der Waals surface area contributed by atoms with E-state index in [-0.39, 0.29) is 5.91 Å². The van der Waals surface area contributed by atoms with E-state index in [1.54, 1.807) is 6.20 Å². The molecule has 2 fully saturated rings. The van der Waals surface area contributed by atoms with Crippen LogP contribution in [0, 0.1) is 6.92 Å². The van der Waals surface area contributed by atoms with Crippen LogP contribution >= 0.6 is 0 Å². The quantitative estimate of drug-likeness (QED) is 0.880. The minimum absolute atomic E-state index is 0.142. The fourth-order valence-corrected chi connectivity index (χ4v) is 3.26. The van der Waals surface area contributed by atoms with Crippen molar-refractivity contribution in [3.63, 3.8) is 0 Å². The van der Waals surface area contributed by atoms with Gasteiger partial charge in [0.15, 0.2) is 0 Å². The monoisotopic (exact) mass is 259 g/mol. The molecule has 0 saturated carbocycles. The van der Waals surface area contributed by atoms with Gasteiger partial charge in [-0.25, -0.2) is 0 Å². The van der Waals surface area contributed by atoms with E-state index in [1.165, 1.54) is 12.8 Å². The lowest BCUT2D eigenvalue weighted by molar-refractivity contribution is 0.0711. The van der Waals surface area contributed by atoms with Gasteiger partial charge in [-0.3, -0.25) is 9.78 Å². The summed E-state index contributed by atoms with van der Waals surface area (Å²) in [6, 6.07) is 4.66.